The number of rotatable bonds is 1. The van der Waals surface area contributed by atoms with E-state index in [-0.39, 0.29) is 5.28 Å². The first kappa shape index (κ1) is 11.3. The highest BCUT2D eigenvalue weighted by atomic mass is 35.5. The van der Waals surface area contributed by atoms with Gasteiger partial charge in [0.1, 0.15) is 10.8 Å². The molecule has 17 heavy (non-hydrogen) atoms. The summed E-state index contributed by atoms with van der Waals surface area (Å²) in [6, 6.07) is 0.313. The Morgan fingerprint density at radius 3 is 2.94 bits per heavy atom. The SMILES string of the molecule is Cc1cn([C@@H]2CCOC2)c2nc(Cl)nc(Cl)c12. The van der Waals surface area contributed by atoms with Crippen LogP contribution in [0.4, 0.5) is 0 Å². The number of nitrogens with zero attached hydrogens (tertiary/aromatic N) is 3. The van der Waals surface area contributed by atoms with Crippen LogP contribution >= 0.6 is 23.2 Å². The molecule has 0 unspecified atom stereocenters. The lowest BCUT2D eigenvalue weighted by Crippen LogP contribution is -2.08. The van der Waals surface area contributed by atoms with Crippen LogP contribution in [0, 0.1) is 6.92 Å². The van der Waals surface area contributed by atoms with Gasteiger partial charge in [0.15, 0.2) is 0 Å². The van der Waals surface area contributed by atoms with Crippen LogP contribution in [0.2, 0.25) is 10.4 Å². The van der Waals surface area contributed by atoms with E-state index in [0.29, 0.717) is 17.8 Å². The van der Waals surface area contributed by atoms with Crippen LogP contribution in [0.5, 0.6) is 0 Å². The molecule has 0 radical (unpaired) electrons. The van der Waals surface area contributed by atoms with Gasteiger partial charge in [-0.3, -0.25) is 0 Å². The summed E-state index contributed by atoms with van der Waals surface area (Å²) in [5, 5.41) is 1.47. The molecule has 0 N–H and O–H groups in total. The fraction of sp³-hybridized carbons (Fsp3) is 0.455. The van der Waals surface area contributed by atoms with E-state index >= 15 is 0 Å². The summed E-state index contributed by atoms with van der Waals surface area (Å²) in [4.78, 5) is 8.26. The number of fused-ring (bicyclic) bond motifs is 1. The maximum Gasteiger partial charge on any atom is 0.225 e. The summed E-state index contributed by atoms with van der Waals surface area (Å²) in [5.41, 5.74) is 1.86. The molecule has 4 nitrogen and oxygen atoms in total. The molecule has 90 valence electrons. The number of aryl methyl sites for hydroxylation is 1. The first-order chi connectivity index (χ1) is 8.16. The first-order valence-corrected chi connectivity index (χ1v) is 6.20. The molecule has 3 rings (SSSR count). The van der Waals surface area contributed by atoms with Crippen molar-refractivity contribution in [1.82, 2.24) is 14.5 Å². The molecule has 0 amide bonds. The van der Waals surface area contributed by atoms with Gasteiger partial charge < -0.3 is 9.30 Å². The molecule has 0 bridgehead atoms. The van der Waals surface area contributed by atoms with E-state index in [9.17, 15) is 0 Å². The number of hydrogen-bond donors (Lipinski definition) is 0. The topological polar surface area (TPSA) is 39.9 Å². The Bertz CT molecular complexity index is 576. The smallest absolute Gasteiger partial charge is 0.225 e. The molecule has 1 aliphatic rings. The standard InChI is InChI=1S/C11H11Cl2N3O/c1-6-4-16(7-2-3-17-5-7)10-8(6)9(12)14-11(13)15-10/h4,7H,2-3,5H2,1H3/t7-/m1/s1. The van der Waals surface area contributed by atoms with E-state index in [0.717, 1.165) is 29.6 Å². The maximum atomic E-state index is 6.11. The Balaban J connectivity index is 2.25. The molecular weight excluding hydrogens is 261 g/mol. The summed E-state index contributed by atoms with van der Waals surface area (Å²) in [7, 11) is 0. The van der Waals surface area contributed by atoms with Crippen LogP contribution < -0.4 is 0 Å². The molecule has 0 aliphatic carbocycles. The molecule has 0 aromatic carbocycles. The quantitative estimate of drug-likeness (QED) is 0.591. The van der Waals surface area contributed by atoms with Crippen LogP contribution in [0.3, 0.4) is 0 Å². The average Bonchev–Trinajstić information content (AvgIpc) is 2.85. The Hall–Kier alpha value is -0.840. The second-order valence-electron chi connectivity index (χ2n) is 4.22. The maximum absolute atomic E-state index is 6.11. The van der Waals surface area contributed by atoms with Crippen LogP contribution in [0.1, 0.15) is 18.0 Å². The summed E-state index contributed by atoms with van der Waals surface area (Å²) >= 11 is 12.0. The van der Waals surface area contributed by atoms with Crippen LogP contribution in [0.15, 0.2) is 6.20 Å². The molecule has 1 fully saturated rings. The van der Waals surface area contributed by atoms with Gasteiger partial charge in [0.05, 0.1) is 18.0 Å². The van der Waals surface area contributed by atoms with Gasteiger partial charge in [-0.25, -0.2) is 4.98 Å². The first-order valence-electron chi connectivity index (χ1n) is 5.44. The van der Waals surface area contributed by atoms with Crippen molar-refractivity contribution in [2.45, 2.75) is 19.4 Å². The molecule has 1 saturated heterocycles. The zero-order valence-electron chi connectivity index (χ0n) is 9.28. The largest absolute Gasteiger partial charge is 0.379 e. The van der Waals surface area contributed by atoms with Crippen LogP contribution in [-0.4, -0.2) is 27.7 Å². The molecule has 0 saturated carbocycles. The molecule has 0 spiro atoms. The second-order valence-corrected chi connectivity index (χ2v) is 4.91. The third-order valence-corrected chi connectivity index (χ3v) is 3.53. The minimum Gasteiger partial charge on any atom is -0.379 e. The van der Waals surface area contributed by atoms with Crippen LogP contribution in [0.25, 0.3) is 11.0 Å². The van der Waals surface area contributed by atoms with Crippen molar-refractivity contribution >= 4 is 34.2 Å². The molecule has 2 aromatic rings. The third-order valence-electron chi connectivity index (χ3n) is 3.09. The van der Waals surface area contributed by atoms with Gasteiger partial charge in [-0.05, 0) is 30.5 Å². The predicted molar refractivity (Wildman–Crippen MR) is 66.8 cm³/mol. The van der Waals surface area contributed by atoms with Crippen LogP contribution in [-0.2, 0) is 4.74 Å². The Morgan fingerprint density at radius 2 is 2.24 bits per heavy atom. The molecule has 1 aliphatic heterocycles. The lowest BCUT2D eigenvalue weighted by molar-refractivity contribution is 0.187. The molecule has 6 heteroatoms. The summed E-state index contributed by atoms with van der Waals surface area (Å²) in [6.45, 7) is 3.50. The summed E-state index contributed by atoms with van der Waals surface area (Å²) in [5.74, 6) is 0. The zero-order valence-corrected chi connectivity index (χ0v) is 10.8. The van der Waals surface area contributed by atoms with Gasteiger partial charge in [-0.2, -0.15) is 4.98 Å². The normalized spacial score (nSPS) is 20.3. The number of ether oxygens (including phenoxy) is 1. The van der Waals surface area contributed by atoms with Gasteiger partial charge in [0.25, 0.3) is 0 Å². The van der Waals surface area contributed by atoms with E-state index in [2.05, 4.69) is 14.5 Å². The predicted octanol–water partition coefficient (Wildman–Crippen LogP) is 3.01. The average molecular weight is 272 g/mol. The van der Waals surface area contributed by atoms with E-state index in [1.807, 2.05) is 13.1 Å². The van der Waals surface area contributed by atoms with Crippen molar-refractivity contribution in [2.75, 3.05) is 13.2 Å². The van der Waals surface area contributed by atoms with Crippen molar-refractivity contribution in [1.29, 1.82) is 0 Å². The monoisotopic (exact) mass is 271 g/mol. The van der Waals surface area contributed by atoms with Crippen molar-refractivity contribution in [3.63, 3.8) is 0 Å². The highest BCUT2D eigenvalue weighted by Crippen LogP contribution is 2.31. The highest BCUT2D eigenvalue weighted by molar-refractivity contribution is 6.35. The summed E-state index contributed by atoms with van der Waals surface area (Å²) < 4.78 is 7.49. The fourth-order valence-corrected chi connectivity index (χ4v) is 2.80. The summed E-state index contributed by atoms with van der Waals surface area (Å²) in [6.07, 6.45) is 3.03. The van der Waals surface area contributed by atoms with E-state index in [1.165, 1.54) is 0 Å². The van der Waals surface area contributed by atoms with Gasteiger partial charge >= 0.3 is 0 Å². The van der Waals surface area contributed by atoms with E-state index < -0.39 is 0 Å². The minimum atomic E-state index is 0.181. The van der Waals surface area contributed by atoms with Crippen molar-refractivity contribution in [2.24, 2.45) is 0 Å². The van der Waals surface area contributed by atoms with E-state index in [1.54, 1.807) is 0 Å². The van der Waals surface area contributed by atoms with E-state index in [4.69, 9.17) is 27.9 Å². The fourth-order valence-electron chi connectivity index (χ4n) is 2.28. The Kier molecular flexibility index (Phi) is 2.73. The number of hydrogen-bond acceptors (Lipinski definition) is 3. The lowest BCUT2D eigenvalue weighted by Gasteiger charge is -2.10. The highest BCUT2D eigenvalue weighted by Gasteiger charge is 2.22. The minimum absolute atomic E-state index is 0.181. The second kappa shape index (κ2) is 4.12. The van der Waals surface area contributed by atoms with Gasteiger partial charge in [0.2, 0.25) is 5.28 Å². The molecule has 2 aromatic heterocycles. The molecule has 3 heterocycles. The lowest BCUT2D eigenvalue weighted by atomic mass is 10.2. The van der Waals surface area contributed by atoms with Gasteiger partial charge in [0, 0.05) is 12.8 Å². The Morgan fingerprint density at radius 1 is 1.41 bits per heavy atom. The van der Waals surface area contributed by atoms with Crippen molar-refractivity contribution in [3.8, 4) is 0 Å². The molecular formula is C11H11Cl2N3O. The number of halogens is 2. The molecule has 1 atom stereocenters. The van der Waals surface area contributed by atoms with Gasteiger partial charge in [-0.1, -0.05) is 11.6 Å². The zero-order chi connectivity index (χ0) is 12.0. The Labute approximate surface area is 109 Å². The van der Waals surface area contributed by atoms with Gasteiger partial charge in [-0.15, -0.1) is 0 Å². The van der Waals surface area contributed by atoms with Crippen molar-refractivity contribution in [3.05, 3.63) is 22.2 Å². The third kappa shape index (κ3) is 1.80. The van der Waals surface area contributed by atoms with Crippen molar-refractivity contribution < 1.29 is 4.74 Å². The number of aromatic nitrogens is 3.